The molecule has 126 valence electrons. The lowest BCUT2D eigenvalue weighted by Gasteiger charge is -2.35. The zero-order valence-electron chi connectivity index (χ0n) is 12.6. The average molecular weight is 329 g/mol. The smallest absolute Gasteiger partial charge is 0.471 e. The van der Waals surface area contributed by atoms with Gasteiger partial charge in [0.2, 0.25) is 0 Å². The first-order valence-electron chi connectivity index (χ1n) is 7.35. The molecule has 1 aliphatic rings. The molecule has 1 aromatic carbocycles. The molecule has 1 fully saturated rings. The number of carboxylic acids is 1. The zero-order valence-corrected chi connectivity index (χ0v) is 12.6. The minimum Gasteiger partial charge on any atom is -0.481 e. The summed E-state index contributed by atoms with van der Waals surface area (Å²) in [6.45, 7) is 1.71. The number of alkyl halides is 3. The van der Waals surface area contributed by atoms with Gasteiger partial charge in [-0.1, -0.05) is 29.8 Å². The molecule has 1 saturated heterocycles. The van der Waals surface area contributed by atoms with Crippen molar-refractivity contribution in [3.8, 4) is 0 Å². The van der Waals surface area contributed by atoms with Crippen molar-refractivity contribution in [3.05, 3.63) is 35.4 Å². The van der Waals surface area contributed by atoms with Gasteiger partial charge >= 0.3 is 18.1 Å². The van der Waals surface area contributed by atoms with E-state index >= 15 is 0 Å². The van der Waals surface area contributed by atoms with Crippen LogP contribution in [0.15, 0.2) is 24.3 Å². The highest BCUT2D eigenvalue weighted by atomic mass is 19.4. The third kappa shape index (κ3) is 4.03. The predicted molar refractivity (Wildman–Crippen MR) is 76.9 cm³/mol. The first kappa shape index (κ1) is 17.3. The normalized spacial score (nSPS) is 17.8. The number of nitrogens with zero attached hydrogens (tertiary/aromatic N) is 1. The number of hydrogen-bond donors (Lipinski definition) is 1. The summed E-state index contributed by atoms with van der Waals surface area (Å²) in [5.41, 5.74) is 1.58. The van der Waals surface area contributed by atoms with Crippen LogP contribution < -0.4 is 0 Å². The van der Waals surface area contributed by atoms with Crippen LogP contribution in [-0.2, 0) is 9.59 Å². The fraction of sp³-hybridized carbons (Fsp3) is 0.500. The van der Waals surface area contributed by atoms with Gasteiger partial charge in [-0.25, -0.2) is 0 Å². The zero-order chi connectivity index (χ0) is 17.2. The number of piperidine rings is 1. The van der Waals surface area contributed by atoms with Crippen molar-refractivity contribution in [2.24, 2.45) is 5.92 Å². The second-order valence-electron chi connectivity index (χ2n) is 5.86. The van der Waals surface area contributed by atoms with Gasteiger partial charge in [-0.15, -0.1) is 0 Å². The van der Waals surface area contributed by atoms with Gasteiger partial charge < -0.3 is 10.0 Å². The number of amides is 1. The van der Waals surface area contributed by atoms with Gasteiger partial charge in [-0.05, 0) is 31.2 Å². The topological polar surface area (TPSA) is 57.6 Å². The number of carbonyl (C=O) groups excluding carboxylic acids is 1. The third-order valence-corrected chi connectivity index (χ3v) is 4.21. The van der Waals surface area contributed by atoms with Gasteiger partial charge in [0.05, 0.1) is 5.92 Å². The lowest BCUT2D eigenvalue weighted by atomic mass is 9.79. The SMILES string of the molecule is Cc1cccc(C(C(=O)O)C2CCN(C(=O)C(F)(F)F)CC2)c1. The molecule has 1 unspecified atom stereocenters. The predicted octanol–water partition coefficient (Wildman–Crippen LogP) is 2.96. The van der Waals surface area contributed by atoms with Crippen molar-refractivity contribution in [2.45, 2.75) is 31.9 Å². The molecule has 0 aliphatic carbocycles. The number of halogens is 3. The minimum absolute atomic E-state index is 0.0708. The van der Waals surface area contributed by atoms with Crippen LogP contribution in [0.3, 0.4) is 0 Å². The van der Waals surface area contributed by atoms with E-state index in [1.807, 2.05) is 13.0 Å². The van der Waals surface area contributed by atoms with Crippen molar-refractivity contribution < 1.29 is 27.9 Å². The van der Waals surface area contributed by atoms with E-state index in [1.54, 1.807) is 18.2 Å². The Bertz CT molecular complexity index is 592. The van der Waals surface area contributed by atoms with Crippen molar-refractivity contribution in [3.63, 3.8) is 0 Å². The first-order valence-corrected chi connectivity index (χ1v) is 7.35. The van der Waals surface area contributed by atoms with Crippen LogP contribution >= 0.6 is 0 Å². The quantitative estimate of drug-likeness (QED) is 0.927. The Morgan fingerprint density at radius 3 is 2.35 bits per heavy atom. The molecular formula is C16H18F3NO3. The summed E-state index contributed by atoms with van der Waals surface area (Å²) in [5, 5.41) is 9.51. The van der Waals surface area contributed by atoms with E-state index in [1.165, 1.54) is 0 Å². The van der Waals surface area contributed by atoms with E-state index in [0.717, 1.165) is 10.5 Å². The summed E-state index contributed by atoms with van der Waals surface area (Å²) in [6, 6.07) is 7.13. The first-order chi connectivity index (χ1) is 10.7. The van der Waals surface area contributed by atoms with Gasteiger partial charge in [-0.3, -0.25) is 9.59 Å². The minimum atomic E-state index is -4.88. The molecule has 0 saturated carbocycles. The molecule has 0 radical (unpaired) electrons. The molecule has 1 N–H and O–H groups in total. The molecule has 1 atom stereocenters. The van der Waals surface area contributed by atoms with E-state index in [2.05, 4.69) is 0 Å². The Morgan fingerprint density at radius 2 is 1.87 bits per heavy atom. The number of aryl methyl sites for hydroxylation is 1. The van der Waals surface area contributed by atoms with E-state index in [-0.39, 0.29) is 31.8 Å². The highest BCUT2D eigenvalue weighted by Gasteiger charge is 2.44. The van der Waals surface area contributed by atoms with Crippen molar-refractivity contribution >= 4 is 11.9 Å². The van der Waals surface area contributed by atoms with Gasteiger partial charge in [0.1, 0.15) is 0 Å². The average Bonchev–Trinajstić information content (AvgIpc) is 2.46. The summed E-state index contributed by atoms with van der Waals surface area (Å²) >= 11 is 0. The highest BCUT2D eigenvalue weighted by molar-refractivity contribution is 5.82. The maximum Gasteiger partial charge on any atom is 0.471 e. The maximum absolute atomic E-state index is 12.4. The van der Waals surface area contributed by atoms with E-state index in [4.69, 9.17) is 0 Å². The Balaban J connectivity index is 2.10. The van der Waals surface area contributed by atoms with Crippen LogP contribution in [0.25, 0.3) is 0 Å². The molecule has 1 aliphatic heterocycles. The molecule has 1 amide bonds. The van der Waals surface area contributed by atoms with Crippen molar-refractivity contribution in [1.29, 1.82) is 0 Å². The molecule has 2 rings (SSSR count). The molecule has 0 spiro atoms. The number of rotatable bonds is 3. The Labute approximate surface area is 131 Å². The fourth-order valence-electron chi connectivity index (χ4n) is 3.10. The maximum atomic E-state index is 12.4. The van der Waals surface area contributed by atoms with Crippen LogP contribution in [0.4, 0.5) is 13.2 Å². The molecule has 0 bridgehead atoms. The summed E-state index contributed by atoms with van der Waals surface area (Å²) in [5.74, 6) is -3.89. The summed E-state index contributed by atoms with van der Waals surface area (Å²) in [7, 11) is 0. The lowest BCUT2D eigenvalue weighted by Crippen LogP contribution is -2.46. The Kier molecular flexibility index (Phi) is 4.97. The van der Waals surface area contributed by atoms with Gasteiger partial charge in [0, 0.05) is 13.1 Å². The number of carbonyl (C=O) groups is 2. The number of likely N-dealkylation sites (tertiary alicyclic amines) is 1. The second kappa shape index (κ2) is 6.60. The standard InChI is InChI=1S/C16H18F3NO3/c1-10-3-2-4-12(9-10)13(14(21)22)11-5-7-20(8-6-11)15(23)16(17,18)19/h2-4,9,11,13H,5-8H2,1H3,(H,21,22). The summed E-state index contributed by atoms with van der Waals surface area (Å²) in [4.78, 5) is 23.6. The van der Waals surface area contributed by atoms with Crippen LogP contribution in [0.5, 0.6) is 0 Å². The van der Waals surface area contributed by atoms with E-state index < -0.39 is 24.0 Å². The third-order valence-electron chi connectivity index (χ3n) is 4.21. The van der Waals surface area contributed by atoms with Gasteiger partial charge in [-0.2, -0.15) is 13.2 Å². The lowest BCUT2D eigenvalue weighted by molar-refractivity contribution is -0.186. The van der Waals surface area contributed by atoms with E-state index in [9.17, 15) is 27.9 Å². The molecular weight excluding hydrogens is 311 g/mol. The van der Waals surface area contributed by atoms with Crippen molar-refractivity contribution in [2.75, 3.05) is 13.1 Å². The Morgan fingerprint density at radius 1 is 1.26 bits per heavy atom. The van der Waals surface area contributed by atoms with Crippen LogP contribution in [0.2, 0.25) is 0 Å². The highest BCUT2D eigenvalue weighted by Crippen LogP contribution is 2.34. The Hall–Kier alpha value is -2.05. The monoisotopic (exact) mass is 329 g/mol. The fourth-order valence-corrected chi connectivity index (χ4v) is 3.10. The number of aliphatic carboxylic acids is 1. The largest absolute Gasteiger partial charge is 0.481 e. The van der Waals surface area contributed by atoms with Gasteiger partial charge in [0.25, 0.3) is 0 Å². The molecule has 23 heavy (non-hydrogen) atoms. The summed E-state index contributed by atoms with van der Waals surface area (Å²) < 4.78 is 37.3. The van der Waals surface area contributed by atoms with E-state index in [0.29, 0.717) is 5.56 Å². The van der Waals surface area contributed by atoms with Crippen molar-refractivity contribution in [1.82, 2.24) is 4.90 Å². The molecule has 0 aromatic heterocycles. The number of benzene rings is 1. The molecule has 1 aromatic rings. The van der Waals surface area contributed by atoms with Crippen LogP contribution in [-0.4, -0.2) is 41.1 Å². The second-order valence-corrected chi connectivity index (χ2v) is 5.86. The molecule has 7 heteroatoms. The van der Waals surface area contributed by atoms with Crippen LogP contribution in [0, 0.1) is 12.8 Å². The van der Waals surface area contributed by atoms with Gasteiger partial charge in [0.15, 0.2) is 0 Å². The number of carboxylic acid groups (broad SMARTS) is 1. The van der Waals surface area contributed by atoms with Crippen LogP contribution in [0.1, 0.15) is 29.9 Å². The summed E-state index contributed by atoms with van der Waals surface area (Å²) in [6.07, 6.45) is -4.39. The molecule has 4 nitrogen and oxygen atoms in total. The number of hydrogen-bond acceptors (Lipinski definition) is 2. The molecule has 1 heterocycles.